The van der Waals surface area contributed by atoms with Crippen LogP contribution >= 0.6 is 0 Å². The van der Waals surface area contributed by atoms with Gasteiger partial charge in [0.2, 0.25) is 0 Å². The van der Waals surface area contributed by atoms with E-state index in [2.05, 4.69) is 10.2 Å². The number of rotatable bonds is 4. The molecule has 25 heavy (non-hydrogen) atoms. The van der Waals surface area contributed by atoms with Gasteiger partial charge in [-0.25, -0.2) is 0 Å². The third-order valence-corrected chi connectivity index (χ3v) is 4.16. The minimum Gasteiger partial charge on any atom is -0.378 e. The Morgan fingerprint density at radius 2 is 1.96 bits per heavy atom. The molecule has 0 saturated carbocycles. The molecule has 2 aromatic carbocycles. The second kappa shape index (κ2) is 7.31. The highest BCUT2D eigenvalue weighted by atomic mass is 16.6. The quantitative estimate of drug-likeness (QED) is 0.682. The summed E-state index contributed by atoms with van der Waals surface area (Å²) in [5, 5.41) is 13.7. The van der Waals surface area contributed by atoms with E-state index in [4.69, 9.17) is 4.74 Å². The van der Waals surface area contributed by atoms with Crippen LogP contribution in [0.25, 0.3) is 0 Å². The summed E-state index contributed by atoms with van der Waals surface area (Å²) in [5.74, 6) is -0.370. The Morgan fingerprint density at radius 3 is 2.68 bits per heavy atom. The van der Waals surface area contributed by atoms with Gasteiger partial charge in [0.25, 0.3) is 11.6 Å². The smallest absolute Gasteiger partial charge is 0.270 e. The number of morpholine rings is 1. The Morgan fingerprint density at radius 1 is 1.20 bits per heavy atom. The second-order valence-electron chi connectivity index (χ2n) is 5.86. The van der Waals surface area contributed by atoms with Crippen molar-refractivity contribution in [3.63, 3.8) is 0 Å². The van der Waals surface area contributed by atoms with Gasteiger partial charge in [-0.2, -0.15) is 0 Å². The van der Waals surface area contributed by atoms with Crippen LogP contribution < -0.4 is 10.2 Å². The lowest BCUT2D eigenvalue weighted by molar-refractivity contribution is -0.384. The number of amides is 1. The standard InChI is InChI=1S/C18H19N3O4/c1-13-5-6-15(20-7-9-25-10-8-20)12-17(13)19-18(22)14-3-2-4-16(11-14)21(23)24/h2-6,11-12H,7-10H2,1H3,(H,19,22). The maximum Gasteiger partial charge on any atom is 0.270 e. The molecule has 0 aromatic heterocycles. The lowest BCUT2D eigenvalue weighted by Crippen LogP contribution is -2.36. The maximum absolute atomic E-state index is 12.5. The van der Waals surface area contributed by atoms with Gasteiger partial charge in [0, 0.05) is 42.2 Å². The minimum absolute atomic E-state index is 0.105. The summed E-state index contributed by atoms with van der Waals surface area (Å²) in [6, 6.07) is 11.6. The van der Waals surface area contributed by atoms with Crippen molar-refractivity contribution in [3.05, 3.63) is 63.7 Å². The SMILES string of the molecule is Cc1ccc(N2CCOCC2)cc1NC(=O)c1cccc([N+](=O)[O-])c1. The van der Waals surface area contributed by atoms with Crippen LogP contribution in [0.3, 0.4) is 0 Å². The lowest BCUT2D eigenvalue weighted by Gasteiger charge is -2.29. The number of aryl methyl sites for hydroxylation is 1. The predicted molar refractivity (Wildman–Crippen MR) is 95.3 cm³/mol. The van der Waals surface area contributed by atoms with Crippen molar-refractivity contribution in [2.24, 2.45) is 0 Å². The molecule has 1 amide bonds. The van der Waals surface area contributed by atoms with Crippen LogP contribution in [0, 0.1) is 17.0 Å². The molecular weight excluding hydrogens is 322 g/mol. The molecule has 2 aromatic rings. The largest absolute Gasteiger partial charge is 0.378 e. The van der Waals surface area contributed by atoms with Gasteiger partial charge in [-0.05, 0) is 30.7 Å². The number of nitrogens with zero attached hydrogens (tertiary/aromatic N) is 2. The highest BCUT2D eigenvalue weighted by molar-refractivity contribution is 6.05. The molecule has 1 fully saturated rings. The molecule has 1 N–H and O–H groups in total. The Bertz CT molecular complexity index is 801. The van der Waals surface area contributed by atoms with E-state index in [9.17, 15) is 14.9 Å². The van der Waals surface area contributed by atoms with E-state index < -0.39 is 4.92 Å². The highest BCUT2D eigenvalue weighted by Gasteiger charge is 2.15. The Kier molecular flexibility index (Phi) is 4.95. The van der Waals surface area contributed by atoms with Gasteiger partial charge in [0.05, 0.1) is 18.1 Å². The van der Waals surface area contributed by atoms with Gasteiger partial charge in [-0.1, -0.05) is 12.1 Å². The summed E-state index contributed by atoms with van der Waals surface area (Å²) >= 11 is 0. The zero-order chi connectivity index (χ0) is 17.8. The maximum atomic E-state index is 12.5. The van der Waals surface area contributed by atoms with Crippen LogP contribution in [0.1, 0.15) is 15.9 Å². The summed E-state index contributed by atoms with van der Waals surface area (Å²) in [5.41, 5.74) is 2.79. The van der Waals surface area contributed by atoms with Gasteiger partial charge in [-0.3, -0.25) is 14.9 Å². The number of nitro benzene ring substituents is 1. The Labute approximate surface area is 145 Å². The van der Waals surface area contributed by atoms with E-state index >= 15 is 0 Å². The third-order valence-electron chi connectivity index (χ3n) is 4.16. The number of anilines is 2. The number of carbonyl (C=O) groups is 1. The number of hydrogen-bond donors (Lipinski definition) is 1. The van der Waals surface area contributed by atoms with E-state index in [1.54, 1.807) is 6.07 Å². The fourth-order valence-electron chi connectivity index (χ4n) is 2.72. The molecule has 0 unspecified atom stereocenters. The first-order valence-electron chi connectivity index (χ1n) is 8.04. The van der Waals surface area contributed by atoms with Crippen LogP contribution in [0.5, 0.6) is 0 Å². The molecule has 0 aliphatic carbocycles. The van der Waals surface area contributed by atoms with E-state index in [0.29, 0.717) is 18.9 Å². The second-order valence-corrected chi connectivity index (χ2v) is 5.86. The summed E-state index contributed by atoms with van der Waals surface area (Å²) < 4.78 is 5.36. The number of carbonyl (C=O) groups excluding carboxylic acids is 1. The molecule has 0 spiro atoms. The molecule has 1 aliphatic rings. The third kappa shape index (κ3) is 3.95. The molecule has 7 nitrogen and oxygen atoms in total. The minimum atomic E-state index is -0.513. The molecule has 7 heteroatoms. The van der Waals surface area contributed by atoms with E-state index in [0.717, 1.165) is 24.3 Å². The van der Waals surface area contributed by atoms with Gasteiger partial charge in [0.15, 0.2) is 0 Å². The van der Waals surface area contributed by atoms with E-state index in [1.165, 1.54) is 18.2 Å². The van der Waals surface area contributed by atoms with E-state index in [-0.39, 0.29) is 17.2 Å². The van der Waals surface area contributed by atoms with Crippen LogP contribution in [0.4, 0.5) is 17.1 Å². The van der Waals surface area contributed by atoms with Crippen LogP contribution in [0.15, 0.2) is 42.5 Å². The zero-order valence-electron chi connectivity index (χ0n) is 13.9. The fraction of sp³-hybridized carbons (Fsp3) is 0.278. The number of benzene rings is 2. The number of hydrogen-bond acceptors (Lipinski definition) is 5. The molecule has 1 aliphatic heterocycles. The molecule has 0 atom stereocenters. The average Bonchev–Trinajstić information content (AvgIpc) is 2.64. The fourth-order valence-corrected chi connectivity index (χ4v) is 2.72. The lowest BCUT2D eigenvalue weighted by atomic mass is 10.1. The monoisotopic (exact) mass is 341 g/mol. The first-order chi connectivity index (χ1) is 12.0. The van der Waals surface area contributed by atoms with E-state index in [1.807, 2.05) is 25.1 Å². The normalized spacial score (nSPS) is 14.2. The number of nitrogens with one attached hydrogen (secondary N) is 1. The molecule has 0 bridgehead atoms. The summed E-state index contributed by atoms with van der Waals surface area (Å²) in [6.45, 7) is 4.89. The van der Waals surface area contributed by atoms with Crippen molar-refractivity contribution < 1.29 is 14.5 Å². The topological polar surface area (TPSA) is 84.7 Å². The van der Waals surface area contributed by atoms with Gasteiger partial charge >= 0.3 is 0 Å². The summed E-state index contributed by atoms with van der Waals surface area (Å²) in [7, 11) is 0. The summed E-state index contributed by atoms with van der Waals surface area (Å²) in [4.78, 5) is 25.0. The average molecular weight is 341 g/mol. The number of ether oxygens (including phenoxy) is 1. The Balaban J connectivity index is 1.80. The van der Waals surface area contributed by atoms with Crippen LogP contribution in [-0.4, -0.2) is 37.1 Å². The van der Waals surface area contributed by atoms with Gasteiger partial charge in [-0.15, -0.1) is 0 Å². The van der Waals surface area contributed by atoms with Crippen molar-refractivity contribution in [2.75, 3.05) is 36.5 Å². The van der Waals surface area contributed by atoms with Crippen molar-refractivity contribution >= 4 is 23.0 Å². The van der Waals surface area contributed by atoms with Crippen molar-refractivity contribution in [3.8, 4) is 0 Å². The first kappa shape index (κ1) is 16.9. The highest BCUT2D eigenvalue weighted by Crippen LogP contribution is 2.25. The number of non-ortho nitro benzene ring substituents is 1. The van der Waals surface area contributed by atoms with Crippen LogP contribution in [0.2, 0.25) is 0 Å². The molecule has 1 heterocycles. The van der Waals surface area contributed by atoms with Crippen molar-refractivity contribution in [1.82, 2.24) is 0 Å². The van der Waals surface area contributed by atoms with Gasteiger partial charge < -0.3 is 15.0 Å². The molecule has 3 rings (SSSR count). The van der Waals surface area contributed by atoms with Crippen molar-refractivity contribution in [1.29, 1.82) is 0 Å². The first-order valence-corrected chi connectivity index (χ1v) is 8.04. The van der Waals surface area contributed by atoms with Crippen molar-refractivity contribution in [2.45, 2.75) is 6.92 Å². The number of nitro groups is 1. The molecule has 130 valence electrons. The van der Waals surface area contributed by atoms with Gasteiger partial charge in [0.1, 0.15) is 0 Å². The summed E-state index contributed by atoms with van der Waals surface area (Å²) in [6.07, 6.45) is 0. The molecule has 1 saturated heterocycles. The zero-order valence-corrected chi connectivity index (χ0v) is 13.9. The predicted octanol–water partition coefficient (Wildman–Crippen LogP) is 2.99. The van der Waals surface area contributed by atoms with Crippen LogP contribution in [-0.2, 0) is 4.74 Å². The Hall–Kier alpha value is -2.93. The molecular formula is C18H19N3O4. The molecule has 0 radical (unpaired) electrons.